The van der Waals surface area contributed by atoms with Gasteiger partial charge in [-0.2, -0.15) is 13.8 Å². The van der Waals surface area contributed by atoms with Gasteiger partial charge in [-0.3, -0.25) is 4.79 Å². The average Bonchev–Trinajstić information content (AvgIpc) is 2.60. The number of nitrogens with zero attached hydrogens (tertiary/aromatic N) is 3. The molecule has 3 rings (SSSR count). The fourth-order valence-corrected chi connectivity index (χ4v) is 3.78. The Morgan fingerprint density at radius 1 is 1.30 bits per heavy atom. The second-order valence-electron chi connectivity index (χ2n) is 6.40. The molecule has 1 saturated heterocycles. The minimum atomic E-state index is -2.57. The van der Waals surface area contributed by atoms with Crippen molar-refractivity contribution >= 4 is 17.7 Å². The second-order valence-corrected chi connectivity index (χ2v) is 7.43. The SMILES string of the molecule is Cc1cc(O[C@H]2CCCN(C(=O)c3ccccc3SC(F)F)C2)nc(C)n1. The number of rotatable bonds is 5. The summed E-state index contributed by atoms with van der Waals surface area (Å²) in [6.45, 7) is 4.65. The Labute approximate surface area is 161 Å². The van der Waals surface area contributed by atoms with Gasteiger partial charge in [-0.05, 0) is 38.8 Å². The lowest BCUT2D eigenvalue weighted by atomic mass is 10.1. The fraction of sp³-hybridized carbons (Fsp3) is 0.421. The fourth-order valence-electron chi connectivity index (χ4n) is 3.15. The molecule has 8 heteroatoms. The van der Waals surface area contributed by atoms with Gasteiger partial charge in [0.2, 0.25) is 5.88 Å². The van der Waals surface area contributed by atoms with Crippen molar-refractivity contribution in [2.75, 3.05) is 13.1 Å². The van der Waals surface area contributed by atoms with E-state index in [1.807, 2.05) is 6.92 Å². The first-order chi connectivity index (χ1) is 12.9. The van der Waals surface area contributed by atoms with Gasteiger partial charge in [0.05, 0.1) is 12.1 Å². The molecule has 1 aromatic carbocycles. The number of amides is 1. The van der Waals surface area contributed by atoms with Crippen LogP contribution in [0, 0.1) is 13.8 Å². The van der Waals surface area contributed by atoms with Crippen LogP contribution >= 0.6 is 11.8 Å². The lowest BCUT2D eigenvalue weighted by Crippen LogP contribution is -2.44. The van der Waals surface area contributed by atoms with Crippen LogP contribution < -0.4 is 4.74 Å². The first-order valence-corrected chi connectivity index (χ1v) is 9.62. The largest absolute Gasteiger partial charge is 0.472 e. The maximum absolute atomic E-state index is 12.9. The summed E-state index contributed by atoms with van der Waals surface area (Å²) in [6, 6.07) is 8.25. The van der Waals surface area contributed by atoms with E-state index in [4.69, 9.17) is 4.74 Å². The van der Waals surface area contributed by atoms with E-state index < -0.39 is 5.76 Å². The van der Waals surface area contributed by atoms with Gasteiger partial charge in [0.15, 0.2) is 0 Å². The van der Waals surface area contributed by atoms with Gasteiger partial charge < -0.3 is 9.64 Å². The van der Waals surface area contributed by atoms with Crippen molar-refractivity contribution in [3.63, 3.8) is 0 Å². The quantitative estimate of drug-likeness (QED) is 0.716. The van der Waals surface area contributed by atoms with E-state index in [2.05, 4.69) is 9.97 Å². The molecule has 0 spiro atoms. The summed E-state index contributed by atoms with van der Waals surface area (Å²) in [5.41, 5.74) is 1.12. The van der Waals surface area contributed by atoms with Crippen LogP contribution in [0.25, 0.3) is 0 Å². The molecule has 1 aromatic heterocycles. The Morgan fingerprint density at radius 2 is 2.07 bits per heavy atom. The van der Waals surface area contributed by atoms with Crippen molar-refractivity contribution in [3.05, 3.63) is 47.4 Å². The van der Waals surface area contributed by atoms with Gasteiger partial charge in [-0.15, -0.1) is 0 Å². The zero-order chi connectivity index (χ0) is 19.4. The van der Waals surface area contributed by atoms with Crippen molar-refractivity contribution in [1.29, 1.82) is 0 Å². The third-order valence-corrected chi connectivity index (χ3v) is 5.02. The van der Waals surface area contributed by atoms with E-state index in [9.17, 15) is 13.6 Å². The number of aryl methyl sites for hydroxylation is 2. The van der Waals surface area contributed by atoms with Crippen molar-refractivity contribution < 1.29 is 18.3 Å². The number of carbonyl (C=O) groups is 1. The Balaban J connectivity index is 1.71. The number of halogens is 2. The second kappa shape index (κ2) is 8.65. The standard InChI is InChI=1S/C19H21F2N3O2S/c1-12-10-17(23-13(2)22-12)26-14-6-5-9-24(11-14)18(25)15-7-3-4-8-16(15)27-19(20)21/h3-4,7-8,10,14,19H,5-6,9,11H2,1-2H3/t14-/m0/s1. The zero-order valence-corrected chi connectivity index (χ0v) is 16.0. The summed E-state index contributed by atoms with van der Waals surface area (Å²) >= 11 is 0.395. The van der Waals surface area contributed by atoms with Crippen LogP contribution in [-0.4, -0.2) is 45.7 Å². The molecular weight excluding hydrogens is 372 g/mol. The molecule has 0 N–H and O–H groups in total. The first kappa shape index (κ1) is 19.5. The summed E-state index contributed by atoms with van der Waals surface area (Å²) < 4.78 is 31.5. The number of alkyl halides is 2. The normalized spacial score (nSPS) is 17.2. The number of ether oxygens (including phenoxy) is 1. The highest BCUT2D eigenvalue weighted by Gasteiger charge is 2.27. The molecule has 0 bridgehead atoms. The Hall–Kier alpha value is -2.22. The molecule has 1 aliphatic rings. The van der Waals surface area contributed by atoms with E-state index in [1.165, 1.54) is 0 Å². The third kappa shape index (κ3) is 5.15. The van der Waals surface area contributed by atoms with Crippen LogP contribution in [0.4, 0.5) is 8.78 Å². The molecule has 1 fully saturated rings. The molecular formula is C19H21F2N3O2S. The average molecular weight is 393 g/mol. The number of carbonyl (C=O) groups excluding carboxylic acids is 1. The van der Waals surface area contributed by atoms with E-state index in [-0.39, 0.29) is 12.0 Å². The molecule has 0 aliphatic carbocycles. The van der Waals surface area contributed by atoms with E-state index in [0.29, 0.717) is 47.0 Å². The monoisotopic (exact) mass is 393 g/mol. The maximum atomic E-state index is 12.9. The van der Waals surface area contributed by atoms with Gasteiger partial charge in [0.1, 0.15) is 11.9 Å². The molecule has 0 radical (unpaired) electrons. The van der Waals surface area contributed by atoms with Crippen molar-refractivity contribution in [2.45, 2.75) is 43.4 Å². The molecule has 2 aromatic rings. The Kier molecular flexibility index (Phi) is 6.26. The summed E-state index contributed by atoms with van der Waals surface area (Å²) in [7, 11) is 0. The number of benzene rings is 1. The lowest BCUT2D eigenvalue weighted by molar-refractivity contribution is 0.0523. The highest BCUT2D eigenvalue weighted by molar-refractivity contribution is 7.99. The van der Waals surface area contributed by atoms with E-state index >= 15 is 0 Å². The maximum Gasteiger partial charge on any atom is 0.288 e. The summed E-state index contributed by atoms with van der Waals surface area (Å²) in [4.78, 5) is 23.4. The van der Waals surface area contributed by atoms with E-state index in [0.717, 1.165) is 18.5 Å². The zero-order valence-electron chi connectivity index (χ0n) is 15.2. The molecule has 27 heavy (non-hydrogen) atoms. The number of piperidine rings is 1. The van der Waals surface area contributed by atoms with Crippen LogP contribution in [-0.2, 0) is 0 Å². The Bertz CT molecular complexity index is 799. The predicted molar refractivity (Wildman–Crippen MR) is 99.4 cm³/mol. The number of likely N-dealkylation sites (tertiary alicyclic amines) is 1. The van der Waals surface area contributed by atoms with Crippen LogP contribution in [0.5, 0.6) is 5.88 Å². The number of hydrogen-bond donors (Lipinski definition) is 0. The molecule has 144 valence electrons. The molecule has 0 saturated carbocycles. The topological polar surface area (TPSA) is 55.3 Å². The van der Waals surface area contributed by atoms with Gasteiger partial charge >= 0.3 is 0 Å². The first-order valence-electron chi connectivity index (χ1n) is 8.74. The van der Waals surface area contributed by atoms with Gasteiger partial charge in [-0.1, -0.05) is 23.9 Å². The van der Waals surface area contributed by atoms with E-state index in [1.54, 1.807) is 42.2 Å². The van der Waals surface area contributed by atoms with Crippen LogP contribution in [0.2, 0.25) is 0 Å². The van der Waals surface area contributed by atoms with Gasteiger partial charge in [0, 0.05) is 23.2 Å². The van der Waals surface area contributed by atoms with Crippen LogP contribution in [0.3, 0.4) is 0 Å². The summed E-state index contributed by atoms with van der Waals surface area (Å²) in [5.74, 6) is -1.69. The highest BCUT2D eigenvalue weighted by Crippen LogP contribution is 2.30. The van der Waals surface area contributed by atoms with Gasteiger partial charge in [0.25, 0.3) is 11.7 Å². The summed E-state index contributed by atoms with van der Waals surface area (Å²) in [6.07, 6.45) is 1.40. The number of thioether (sulfide) groups is 1. The molecule has 1 amide bonds. The molecule has 5 nitrogen and oxygen atoms in total. The molecule has 0 unspecified atom stereocenters. The van der Waals surface area contributed by atoms with Crippen LogP contribution in [0.15, 0.2) is 35.2 Å². The predicted octanol–water partition coefficient (Wildman–Crippen LogP) is 4.09. The highest BCUT2D eigenvalue weighted by atomic mass is 32.2. The minimum absolute atomic E-state index is 0.189. The molecule has 1 aliphatic heterocycles. The van der Waals surface area contributed by atoms with Crippen molar-refractivity contribution in [1.82, 2.24) is 14.9 Å². The third-order valence-electron chi connectivity index (χ3n) is 4.23. The number of aromatic nitrogens is 2. The van der Waals surface area contributed by atoms with Crippen molar-refractivity contribution in [3.8, 4) is 5.88 Å². The smallest absolute Gasteiger partial charge is 0.288 e. The van der Waals surface area contributed by atoms with Gasteiger partial charge in [-0.25, -0.2) is 4.98 Å². The minimum Gasteiger partial charge on any atom is -0.472 e. The summed E-state index contributed by atoms with van der Waals surface area (Å²) in [5, 5.41) is 0. The Morgan fingerprint density at radius 3 is 2.81 bits per heavy atom. The van der Waals surface area contributed by atoms with Crippen LogP contribution in [0.1, 0.15) is 34.7 Å². The lowest BCUT2D eigenvalue weighted by Gasteiger charge is -2.33. The van der Waals surface area contributed by atoms with Crippen molar-refractivity contribution in [2.24, 2.45) is 0 Å². The molecule has 1 atom stereocenters. The number of hydrogen-bond acceptors (Lipinski definition) is 5. The molecule has 2 heterocycles.